The molecule has 3 amide bonds. The molecule has 2 aliphatic heterocycles. The molecule has 166 valence electrons. The van der Waals surface area contributed by atoms with Crippen molar-refractivity contribution in [2.24, 2.45) is 5.92 Å². The maximum absolute atomic E-state index is 13.3. The lowest BCUT2D eigenvalue weighted by Crippen LogP contribution is -2.45. The van der Waals surface area contributed by atoms with Gasteiger partial charge >= 0.3 is 0 Å². The van der Waals surface area contributed by atoms with Gasteiger partial charge in [-0.25, -0.2) is 0 Å². The van der Waals surface area contributed by atoms with Gasteiger partial charge in [-0.1, -0.05) is 24.3 Å². The maximum atomic E-state index is 13.3. The van der Waals surface area contributed by atoms with Gasteiger partial charge in [-0.3, -0.25) is 19.3 Å². The van der Waals surface area contributed by atoms with Crippen molar-refractivity contribution in [1.29, 1.82) is 0 Å². The van der Waals surface area contributed by atoms with Gasteiger partial charge in [-0.2, -0.15) is 0 Å². The molecule has 7 heteroatoms. The Bertz CT molecular complexity index is 1040. The van der Waals surface area contributed by atoms with Gasteiger partial charge in [0.25, 0.3) is 11.8 Å². The highest BCUT2D eigenvalue weighted by molar-refractivity contribution is 7.09. The minimum absolute atomic E-state index is 0.0730. The monoisotopic (exact) mass is 449 g/mol. The largest absolute Gasteiger partial charge is 0.370 e. The zero-order chi connectivity index (χ0) is 22.7. The van der Waals surface area contributed by atoms with Crippen molar-refractivity contribution in [3.8, 4) is 0 Å². The summed E-state index contributed by atoms with van der Waals surface area (Å²) in [4.78, 5) is 45.5. The fourth-order valence-corrected chi connectivity index (χ4v) is 5.20. The average molecular weight is 450 g/mol. The number of carbonyl (C=O) groups is 3. The number of anilines is 1. The van der Waals surface area contributed by atoms with Gasteiger partial charge in [0.2, 0.25) is 5.91 Å². The molecule has 1 aromatic carbocycles. The van der Waals surface area contributed by atoms with Crippen molar-refractivity contribution in [2.45, 2.75) is 19.4 Å². The molecule has 4 rings (SSSR count). The van der Waals surface area contributed by atoms with E-state index in [9.17, 15) is 14.4 Å². The molecule has 0 N–H and O–H groups in total. The highest BCUT2D eigenvalue weighted by Gasteiger charge is 2.39. The van der Waals surface area contributed by atoms with E-state index in [0.717, 1.165) is 30.0 Å². The zero-order valence-electron chi connectivity index (χ0n) is 18.0. The molecule has 0 saturated carbocycles. The summed E-state index contributed by atoms with van der Waals surface area (Å²) < 4.78 is 0. The lowest BCUT2D eigenvalue weighted by Gasteiger charge is -2.36. The Morgan fingerprint density at radius 1 is 1.12 bits per heavy atom. The molecule has 0 spiro atoms. The summed E-state index contributed by atoms with van der Waals surface area (Å²) in [5.74, 6) is -0.617. The van der Waals surface area contributed by atoms with Crippen molar-refractivity contribution in [3.63, 3.8) is 0 Å². The normalized spacial score (nSPS) is 17.9. The number of hydrogen-bond donors (Lipinski definition) is 0. The number of rotatable bonds is 8. The highest BCUT2D eigenvalue weighted by atomic mass is 32.1. The smallest absolute Gasteiger partial charge is 0.264 e. The summed E-state index contributed by atoms with van der Waals surface area (Å²) in [5, 5.41) is 1.94. The second-order valence-corrected chi connectivity index (χ2v) is 9.11. The molecule has 1 unspecified atom stereocenters. The van der Waals surface area contributed by atoms with E-state index in [1.54, 1.807) is 23.1 Å². The Morgan fingerprint density at radius 2 is 1.91 bits per heavy atom. The predicted octanol–water partition coefficient (Wildman–Crippen LogP) is 3.96. The fourth-order valence-electron chi connectivity index (χ4n) is 4.50. The van der Waals surface area contributed by atoms with Gasteiger partial charge in [0.15, 0.2) is 0 Å². The van der Waals surface area contributed by atoms with Crippen LogP contribution in [-0.2, 0) is 11.3 Å². The number of nitrogens with zero attached hydrogens (tertiary/aromatic N) is 3. The number of amides is 3. The number of thiophene rings is 1. The van der Waals surface area contributed by atoms with E-state index >= 15 is 0 Å². The van der Waals surface area contributed by atoms with Crippen molar-refractivity contribution in [3.05, 3.63) is 77.0 Å². The molecular weight excluding hydrogens is 422 g/mol. The van der Waals surface area contributed by atoms with Gasteiger partial charge in [-0.15, -0.1) is 24.5 Å². The second kappa shape index (κ2) is 9.53. The number of piperidine rings is 1. The van der Waals surface area contributed by atoms with Crippen LogP contribution in [0.2, 0.25) is 0 Å². The van der Waals surface area contributed by atoms with Crippen molar-refractivity contribution in [2.75, 3.05) is 31.1 Å². The average Bonchev–Trinajstić information content (AvgIpc) is 3.41. The molecule has 0 aliphatic carbocycles. The SMILES string of the molecule is C=CCN(CC=C)C(=O)C1CCCN(c2cccc3c2C(=O)N(Cc2cccs2)C3=O)C1. The van der Waals surface area contributed by atoms with Crippen molar-refractivity contribution in [1.82, 2.24) is 9.80 Å². The number of benzene rings is 1. The second-order valence-electron chi connectivity index (χ2n) is 8.08. The van der Waals surface area contributed by atoms with Gasteiger partial charge in [0, 0.05) is 31.1 Å². The van der Waals surface area contributed by atoms with Gasteiger partial charge in [-0.05, 0) is 36.4 Å². The molecule has 1 aromatic heterocycles. The third-order valence-corrected chi connectivity index (χ3v) is 6.85. The van der Waals surface area contributed by atoms with E-state index in [0.29, 0.717) is 30.8 Å². The summed E-state index contributed by atoms with van der Waals surface area (Å²) >= 11 is 1.53. The summed E-state index contributed by atoms with van der Waals surface area (Å²) in [6.07, 6.45) is 5.08. The quantitative estimate of drug-likeness (QED) is 0.452. The van der Waals surface area contributed by atoms with Gasteiger partial charge in [0.1, 0.15) is 0 Å². The fraction of sp³-hybridized carbons (Fsp3) is 0.320. The van der Waals surface area contributed by atoms with E-state index in [1.807, 2.05) is 29.6 Å². The molecule has 6 nitrogen and oxygen atoms in total. The first kappa shape index (κ1) is 22.0. The predicted molar refractivity (Wildman–Crippen MR) is 127 cm³/mol. The minimum Gasteiger partial charge on any atom is -0.370 e. The van der Waals surface area contributed by atoms with Crippen LogP contribution in [0.15, 0.2) is 61.0 Å². The lowest BCUT2D eigenvalue weighted by molar-refractivity contribution is -0.134. The Morgan fingerprint density at radius 3 is 2.59 bits per heavy atom. The zero-order valence-corrected chi connectivity index (χ0v) is 18.9. The first-order chi connectivity index (χ1) is 15.5. The number of hydrogen-bond acceptors (Lipinski definition) is 5. The third kappa shape index (κ3) is 4.12. The maximum Gasteiger partial charge on any atom is 0.264 e. The number of imide groups is 1. The van der Waals surface area contributed by atoms with Crippen LogP contribution in [0.1, 0.15) is 38.4 Å². The molecule has 1 saturated heterocycles. The van der Waals surface area contributed by atoms with E-state index in [-0.39, 0.29) is 30.2 Å². The van der Waals surface area contributed by atoms with E-state index < -0.39 is 0 Å². The van der Waals surface area contributed by atoms with Crippen LogP contribution in [0, 0.1) is 5.92 Å². The van der Waals surface area contributed by atoms with Crippen LogP contribution in [0.5, 0.6) is 0 Å². The standard InChI is InChI=1S/C25H27N3O3S/c1-3-12-26(13-4-2)23(29)18-8-6-14-27(16-18)21-11-5-10-20-22(21)25(31)28(24(20)30)17-19-9-7-15-32-19/h3-5,7,9-11,15,18H,1-2,6,8,12-14,16-17H2. The Labute approximate surface area is 192 Å². The van der Waals surface area contributed by atoms with Gasteiger partial charge in [0.05, 0.1) is 29.3 Å². The van der Waals surface area contributed by atoms with Gasteiger partial charge < -0.3 is 9.80 Å². The van der Waals surface area contributed by atoms with Crippen LogP contribution in [0.4, 0.5) is 5.69 Å². The number of carbonyl (C=O) groups excluding carboxylic acids is 3. The summed E-state index contributed by atoms with van der Waals surface area (Å²) in [7, 11) is 0. The van der Waals surface area contributed by atoms with E-state index in [4.69, 9.17) is 0 Å². The summed E-state index contributed by atoms with van der Waals surface area (Å²) in [6.45, 7) is 10.0. The molecule has 2 aliphatic rings. The summed E-state index contributed by atoms with van der Waals surface area (Å²) in [5.41, 5.74) is 1.64. The third-order valence-electron chi connectivity index (χ3n) is 5.99. The Balaban J connectivity index is 1.57. The molecule has 2 aromatic rings. The van der Waals surface area contributed by atoms with Crippen molar-refractivity contribution >= 4 is 34.7 Å². The molecule has 32 heavy (non-hydrogen) atoms. The van der Waals surface area contributed by atoms with Crippen LogP contribution >= 0.6 is 11.3 Å². The molecule has 1 fully saturated rings. The van der Waals surface area contributed by atoms with Crippen LogP contribution in [-0.4, -0.2) is 53.7 Å². The first-order valence-corrected chi connectivity index (χ1v) is 11.7. The Hall–Kier alpha value is -3.19. The molecule has 0 bridgehead atoms. The Kier molecular flexibility index (Phi) is 6.55. The molecular formula is C25H27N3O3S. The number of fused-ring (bicyclic) bond motifs is 1. The van der Waals surface area contributed by atoms with Crippen LogP contribution in [0.25, 0.3) is 0 Å². The highest BCUT2D eigenvalue weighted by Crippen LogP contribution is 2.35. The van der Waals surface area contributed by atoms with Crippen LogP contribution in [0.3, 0.4) is 0 Å². The molecule has 1 atom stereocenters. The topological polar surface area (TPSA) is 60.9 Å². The molecule has 3 heterocycles. The van der Waals surface area contributed by atoms with Crippen LogP contribution < -0.4 is 4.90 Å². The van der Waals surface area contributed by atoms with E-state index in [1.165, 1.54) is 16.2 Å². The minimum atomic E-state index is -0.262. The summed E-state index contributed by atoms with van der Waals surface area (Å²) in [6, 6.07) is 9.26. The van der Waals surface area contributed by atoms with E-state index in [2.05, 4.69) is 18.1 Å². The first-order valence-electron chi connectivity index (χ1n) is 10.8. The van der Waals surface area contributed by atoms with Crippen molar-refractivity contribution < 1.29 is 14.4 Å². The lowest BCUT2D eigenvalue weighted by atomic mass is 9.94. The molecule has 0 radical (unpaired) electrons.